The molecule has 1 heterocycles. The Bertz CT molecular complexity index is 262. The van der Waals surface area contributed by atoms with Gasteiger partial charge in [-0.3, -0.25) is 0 Å². The van der Waals surface area contributed by atoms with E-state index in [1.54, 1.807) is 0 Å². The summed E-state index contributed by atoms with van der Waals surface area (Å²) in [6.07, 6.45) is 8.11. The van der Waals surface area contributed by atoms with Crippen molar-refractivity contribution in [3.63, 3.8) is 0 Å². The summed E-state index contributed by atoms with van der Waals surface area (Å²) in [5.74, 6) is 0. The zero-order valence-electron chi connectivity index (χ0n) is 9.01. The molecule has 0 bridgehead atoms. The molecule has 1 saturated carbocycles. The Labute approximate surface area is 106 Å². The van der Waals surface area contributed by atoms with Crippen LogP contribution in [-0.4, -0.2) is 29.1 Å². The van der Waals surface area contributed by atoms with Crippen LogP contribution in [0.1, 0.15) is 19.3 Å². The molecule has 0 saturated heterocycles. The van der Waals surface area contributed by atoms with Gasteiger partial charge in [-0.25, -0.2) is 0 Å². The van der Waals surface area contributed by atoms with Crippen molar-refractivity contribution in [1.82, 2.24) is 10.6 Å². The van der Waals surface area contributed by atoms with E-state index < -0.39 is 0 Å². The maximum atomic E-state index is 4.15. The van der Waals surface area contributed by atoms with Gasteiger partial charge in [-0.2, -0.15) is 0 Å². The molecule has 3 heteroatoms. The fraction of sp³-hybridized carbons (Fsp3) is 0.667. The maximum absolute atomic E-state index is 4.15. The Kier molecular flexibility index (Phi) is 4.22. The van der Waals surface area contributed by atoms with Crippen molar-refractivity contribution in [2.75, 3.05) is 13.1 Å². The molecule has 1 aliphatic heterocycles. The number of hydrogen-bond acceptors (Lipinski definition) is 2. The number of rotatable bonds is 3. The van der Waals surface area contributed by atoms with Gasteiger partial charge in [0.1, 0.15) is 0 Å². The van der Waals surface area contributed by atoms with Crippen LogP contribution in [0.4, 0.5) is 0 Å². The van der Waals surface area contributed by atoms with Crippen LogP contribution in [0.15, 0.2) is 24.3 Å². The Morgan fingerprint density at radius 3 is 3.00 bits per heavy atom. The third-order valence-corrected chi connectivity index (χ3v) is 4.58. The summed E-state index contributed by atoms with van der Waals surface area (Å²) in [5.41, 5.74) is 1.39. The van der Waals surface area contributed by atoms with E-state index >= 15 is 0 Å². The predicted molar refractivity (Wildman–Crippen MR) is 73.5 cm³/mol. The van der Waals surface area contributed by atoms with E-state index in [1.165, 1.54) is 18.4 Å². The highest BCUT2D eigenvalue weighted by molar-refractivity contribution is 14.1. The van der Waals surface area contributed by atoms with Crippen molar-refractivity contribution in [3.05, 3.63) is 24.3 Å². The molecular weight excluding hydrogens is 299 g/mol. The molecule has 3 unspecified atom stereocenters. The summed E-state index contributed by atoms with van der Waals surface area (Å²) in [7, 11) is 0. The van der Waals surface area contributed by atoms with Gasteiger partial charge in [0.25, 0.3) is 0 Å². The van der Waals surface area contributed by atoms with Crippen molar-refractivity contribution >= 4 is 22.6 Å². The summed E-state index contributed by atoms with van der Waals surface area (Å²) in [5, 5.41) is 7.14. The molecule has 0 radical (unpaired) electrons. The van der Waals surface area contributed by atoms with Gasteiger partial charge >= 0.3 is 0 Å². The summed E-state index contributed by atoms with van der Waals surface area (Å²) >= 11 is 2.55. The lowest BCUT2D eigenvalue weighted by Gasteiger charge is -2.24. The monoisotopic (exact) mass is 318 g/mol. The zero-order chi connectivity index (χ0) is 10.7. The summed E-state index contributed by atoms with van der Waals surface area (Å²) < 4.78 is 0.731. The second kappa shape index (κ2) is 5.46. The fourth-order valence-electron chi connectivity index (χ4n) is 2.26. The van der Waals surface area contributed by atoms with Crippen LogP contribution in [0.3, 0.4) is 0 Å². The smallest absolute Gasteiger partial charge is 0.0396 e. The van der Waals surface area contributed by atoms with Gasteiger partial charge < -0.3 is 10.6 Å². The zero-order valence-corrected chi connectivity index (χ0v) is 11.2. The first-order chi connectivity index (χ1) is 7.27. The normalized spacial score (nSPS) is 36.1. The molecule has 84 valence electrons. The van der Waals surface area contributed by atoms with Crippen LogP contribution in [0.2, 0.25) is 0 Å². The quantitative estimate of drug-likeness (QED) is 0.473. The molecule has 3 atom stereocenters. The Balaban J connectivity index is 1.77. The summed E-state index contributed by atoms with van der Waals surface area (Å²) in [6, 6.07) is 1.14. The molecule has 0 amide bonds. The highest BCUT2D eigenvalue weighted by atomic mass is 127. The van der Waals surface area contributed by atoms with E-state index in [9.17, 15) is 0 Å². The third-order valence-electron chi connectivity index (χ3n) is 3.24. The first-order valence-corrected chi connectivity index (χ1v) is 6.95. The highest BCUT2D eigenvalue weighted by Crippen LogP contribution is 2.29. The lowest BCUT2D eigenvalue weighted by molar-refractivity contribution is 0.463. The van der Waals surface area contributed by atoms with Crippen molar-refractivity contribution < 1.29 is 0 Å². The van der Waals surface area contributed by atoms with E-state index in [2.05, 4.69) is 52.0 Å². The number of alkyl halides is 1. The molecule has 0 aromatic rings. The molecule has 2 N–H and O–H groups in total. The van der Waals surface area contributed by atoms with Crippen LogP contribution in [0.25, 0.3) is 0 Å². The molecule has 15 heavy (non-hydrogen) atoms. The standard InChI is InChI=1S/C12H19IN2/c1-9-5-6-11(13)12(9)15-8-10-4-2-3-7-14-10/h2-3,10-12,14-15H,1,4-8H2. The SMILES string of the molecule is C=C1CCC(I)C1NCC1CC=CCN1. The average Bonchev–Trinajstić information content (AvgIpc) is 2.58. The Morgan fingerprint density at radius 2 is 2.40 bits per heavy atom. The largest absolute Gasteiger partial charge is 0.309 e. The van der Waals surface area contributed by atoms with Crippen LogP contribution in [0, 0.1) is 0 Å². The first-order valence-electron chi connectivity index (χ1n) is 5.71. The molecule has 0 aromatic heterocycles. The van der Waals surface area contributed by atoms with Gasteiger partial charge in [0.15, 0.2) is 0 Å². The summed E-state index contributed by atoms with van der Waals surface area (Å²) in [6.45, 7) is 6.23. The minimum atomic E-state index is 0.540. The molecule has 0 spiro atoms. The topological polar surface area (TPSA) is 24.1 Å². The maximum Gasteiger partial charge on any atom is 0.0396 e. The molecule has 2 nitrogen and oxygen atoms in total. The number of hydrogen-bond donors (Lipinski definition) is 2. The third kappa shape index (κ3) is 3.04. The molecule has 1 aliphatic carbocycles. The minimum Gasteiger partial charge on any atom is -0.309 e. The van der Waals surface area contributed by atoms with Crippen LogP contribution >= 0.6 is 22.6 Å². The second-order valence-corrected chi connectivity index (χ2v) is 6.01. The van der Waals surface area contributed by atoms with E-state index in [0.717, 1.165) is 23.4 Å². The average molecular weight is 318 g/mol. The van der Waals surface area contributed by atoms with Crippen LogP contribution < -0.4 is 10.6 Å². The van der Waals surface area contributed by atoms with Gasteiger partial charge in [0, 0.05) is 29.1 Å². The molecular formula is C12H19IN2. The minimum absolute atomic E-state index is 0.540. The van der Waals surface area contributed by atoms with Crippen LogP contribution in [0.5, 0.6) is 0 Å². The molecule has 1 fully saturated rings. The molecule has 2 aliphatic rings. The van der Waals surface area contributed by atoms with E-state index in [4.69, 9.17) is 0 Å². The van der Waals surface area contributed by atoms with E-state index in [-0.39, 0.29) is 0 Å². The number of halogens is 1. The van der Waals surface area contributed by atoms with Crippen molar-refractivity contribution in [2.45, 2.75) is 35.3 Å². The van der Waals surface area contributed by atoms with Gasteiger partial charge in [0.2, 0.25) is 0 Å². The van der Waals surface area contributed by atoms with E-state index in [0.29, 0.717) is 12.1 Å². The highest BCUT2D eigenvalue weighted by Gasteiger charge is 2.28. The van der Waals surface area contributed by atoms with Gasteiger partial charge in [-0.05, 0) is 19.3 Å². The van der Waals surface area contributed by atoms with Crippen molar-refractivity contribution in [1.29, 1.82) is 0 Å². The lowest BCUT2D eigenvalue weighted by atomic mass is 10.1. The summed E-state index contributed by atoms with van der Waals surface area (Å²) in [4.78, 5) is 0. The van der Waals surface area contributed by atoms with Crippen molar-refractivity contribution in [3.8, 4) is 0 Å². The molecule has 0 aromatic carbocycles. The van der Waals surface area contributed by atoms with Gasteiger partial charge in [-0.1, -0.05) is 46.9 Å². The fourth-order valence-corrected chi connectivity index (χ4v) is 3.33. The van der Waals surface area contributed by atoms with Crippen LogP contribution in [-0.2, 0) is 0 Å². The van der Waals surface area contributed by atoms with Crippen molar-refractivity contribution in [2.24, 2.45) is 0 Å². The predicted octanol–water partition coefficient (Wildman–Crippen LogP) is 2.02. The number of nitrogens with one attached hydrogen (secondary N) is 2. The lowest BCUT2D eigenvalue weighted by Crippen LogP contribution is -2.45. The second-order valence-electron chi connectivity index (χ2n) is 4.41. The molecule has 2 rings (SSSR count). The first kappa shape index (κ1) is 11.6. The Hall–Kier alpha value is 0.130. The Morgan fingerprint density at radius 1 is 1.53 bits per heavy atom. The van der Waals surface area contributed by atoms with E-state index in [1.807, 2.05) is 0 Å². The van der Waals surface area contributed by atoms with Gasteiger partial charge in [0.05, 0.1) is 0 Å². The van der Waals surface area contributed by atoms with Gasteiger partial charge in [-0.15, -0.1) is 0 Å².